The number of terminal acetylenes is 1. The predicted octanol–water partition coefficient (Wildman–Crippen LogP) is 3.82. The molecule has 1 amide bonds. The molecule has 2 fully saturated rings. The van der Waals surface area contributed by atoms with Crippen LogP contribution in [0.15, 0.2) is 24.7 Å². The monoisotopic (exact) mass is 404 g/mol. The first-order valence-corrected chi connectivity index (χ1v) is 10.8. The van der Waals surface area contributed by atoms with E-state index >= 15 is 0 Å². The third kappa shape index (κ3) is 4.88. The Morgan fingerprint density at radius 1 is 1.03 bits per heavy atom. The number of nitrogens with zero attached hydrogens (tertiary/aromatic N) is 4. The molecule has 1 saturated heterocycles. The number of hydrogen-bond acceptors (Lipinski definition) is 6. The Morgan fingerprint density at radius 3 is 2.50 bits per heavy atom. The Morgan fingerprint density at radius 2 is 1.80 bits per heavy atom. The molecular weight excluding hydrogens is 376 g/mol. The van der Waals surface area contributed by atoms with E-state index in [0.29, 0.717) is 28.8 Å². The number of aromatic nitrogens is 3. The van der Waals surface area contributed by atoms with E-state index in [1.807, 2.05) is 11.0 Å². The van der Waals surface area contributed by atoms with Crippen molar-refractivity contribution in [3.05, 3.63) is 35.9 Å². The Labute approximate surface area is 177 Å². The number of anilines is 3. The van der Waals surface area contributed by atoms with Crippen molar-refractivity contribution in [3.63, 3.8) is 0 Å². The Hall–Kier alpha value is -3.14. The van der Waals surface area contributed by atoms with Gasteiger partial charge in [-0.3, -0.25) is 4.79 Å². The number of likely N-dealkylation sites (tertiary alicyclic amines) is 1. The Balaban J connectivity index is 1.53. The van der Waals surface area contributed by atoms with Crippen molar-refractivity contribution in [1.82, 2.24) is 19.9 Å². The second-order valence-corrected chi connectivity index (χ2v) is 8.06. The van der Waals surface area contributed by atoms with Crippen molar-refractivity contribution in [2.75, 3.05) is 30.3 Å². The Kier molecular flexibility index (Phi) is 6.43. The van der Waals surface area contributed by atoms with E-state index in [1.165, 1.54) is 38.3 Å². The van der Waals surface area contributed by atoms with Crippen molar-refractivity contribution in [3.8, 4) is 12.3 Å². The second kappa shape index (κ2) is 9.57. The molecule has 1 saturated carbocycles. The van der Waals surface area contributed by atoms with Gasteiger partial charge in [-0.25, -0.2) is 15.0 Å². The van der Waals surface area contributed by atoms with E-state index in [0.717, 1.165) is 38.2 Å². The number of amides is 1. The van der Waals surface area contributed by atoms with Crippen LogP contribution in [-0.4, -0.2) is 45.4 Å². The van der Waals surface area contributed by atoms with Gasteiger partial charge in [0.1, 0.15) is 17.3 Å². The topological polar surface area (TPSA) is 83.0 Å². The summed E-state index contributed by atoms with van der Waals surface area (Å²) < 4.78 is 0. The molecule has 2 aliphatic rings. The van der Waals surface area contributed by atoms with Gasteiger partial charge in [0.05, 0.1) is 23.6 Å². The van der Waals surface area contributed by atoms with Gasteiger partial charge >= 0.3 is 0 Å². The van der Waals surface area contributed by atoms with Gasteiger partial charge in [0.25, 0.3) is 5.91 Å². The molecule has 0 aromatic carbocycles. The zero-order chi connectivity index (χ0) is 20.8. The quantitative estimate of drug-likeness (QED) is 0.712. The summed E-state index contributed by atoms with van der Waals surface area (Å²) in [5, 5.41) is 6.69. The lowest BCUT2D eigenvalue weighted by Gasteiger charge is -2.24. The highest BCUT2D eigenvalue weighted by Gasteiger charge is 2.23. The first-order valence-electron chi connectivity index (χ1n) is 10.8. The second-order valence-electron chi connectivity index (χ2n) is 8.06. The number of carbonyl (C=O) groups excluding carboxylic acids is 1. The smallest absolute Gasteiger partial charge is 0.257 e. The number of rotatable bonds is 6. The maximum Gasteiger partial charge on any atom is 0.257 e. The van der Waals surface area contributed by atoms with E-state index in [-0.39, 0.29) is 5.91 Å². The molecule has 30 heavy (non-hydrogen) atoms. The van der Waals surface area contributed by atoms with Crippen LogP contribution in [0.4, 0.5) is 17.3 Å². The summed E-state index contributed by atoms with van der Waals surface area (Å²) in [6.07, 6.45) is 18.7. The molecule has 2 N–H and O–H groups in total. The summed E-state index contributed by atoms with van der Waals surface area (Å²) in [7, 11) is 0. The molecule has 156 valence electrons. The van der Waals surface area contributed by atoms with Crippen molar-refractivity contribution in [2.45, 2.75) is 44.9 Å². The van der Waals surface area contributed by atoms with E-state index in [2.05, 4.69) is 31.5 Å². The summed E-state index contributed by atoms with van der Waals surface area (Å²) in [6.45, 7) is 2.51. The molecular formula is C23H28N6O. The lowest BCUT2D eigenvalue weighted by Crippen LogP contribution is -2.29. The third-order valence-electron chi connectivity index (χ3n) is 5.89. The van der Waals surface area contributed by atoms with E-state index < -0.39 is 0 Å². The first kappa shape index (κ1) is 20.1. The molecule has 3 heterocycles. The minimum Gasteiger partial charge on any atom is -0.384 e. The lowest BCUT2D eigenvalue weighted by molar-refractivity contribution is 0.0793. The van der Waals surface area contributed by atoms with Crippen LogP contribution >= 0.6 is 0 Å². The van der Waals surface area contributed by atoms with Gasteiger partial charge in [-0.15, -0.1) is 6.42 Å². The molecule has 0 bridgehead atoms. The van der Waals surface area contributed by atoms with Gasteiger partial charge < -0.3 is 15.5 Å². The van der Waals surface area contributed by atoms with Crippen LogP contribution in [0.2, 0.25) is 0 Å². The number of nitrogens with one attached hydrogen (secondary N) is 2. The summed E-state index contributed by atoms with van der Waals surface area (Å²) in [5.41, 5.74) is 1.94. The number of hydrogen-bond donors (Lipinski definition) is 2. The van der Waals surface area contributed by atoms with E-state index in [4.69, 9.17) is 6.42 Å². The standard InChI is InChI=1S/C23H28N6O/c1-2-18-14-26-22(16-24-18)28-21-12-20(25-13-17-8-4-3-5-9-17)19(15-27-21)23(30)29-10-6-7-11-29/h1,12,14-17H,3-11,13H2,(H2,25,26,27,28). The number of carbonyl (C=O) groups is 1. The lowest BCUT2D eigenvalue weighted by atomic mass is 9.89. The van der Waals surface area contributed by atoms with Gasteiger partial charge in [0.2, 0.25) is 0 Å². The maximum atomic E-state index is 13.0. The molecule has 0 unspecified atom stereocenters. The van der Waals surface area contributed by atoms with Gasteiger partial charge in [-0.05, 0) is 37.5 Å². The van der Waals surface area contributed by atoms with Crippen LogP contribution in [0.1, 0.15) is 61.0 Å². The predicted molar refractivity (Wildman–Crippen MR) is 118 cm³/mol. The zero-order valence-corrected chi connectivity index (χ0v) is 17.2. The fourth-order valence-corrected chi connectivity index (χ4v) is 4.17. The van der Waals surface area contributed by atoms with Crippen LogP contribution < -0.4 is 10.6 Å². The van der Waals surface area contributed by atoms with Gasteiger partial charge in [-0.2, -0.15) is 0 Å². The fraction of sp³-hybridized carbons (Fsp3) is 0.478. The van der Waals surface area contributed by atoms with Crippen molar-refractivity contribution < 1.29 is 4.79 Å². The maximum absolute atomic E-state index is 13.0. The normalized spacial score (nSPS) is 16.8. The molecule has 0 radical (unpaired) electrons. The zero-order valence-electron chi connectivity index (χ0n) is 17.2. The Bertz CT molecular complexity index is 908. The van der Waals surface area contributed by atoms with Crippen LogP contribution in [-0.2, 0) is 0 Å². The average Bonchev–Trinajstić information content (AvgIpc) is 3.34. The summed E-state index contributed by atoms with van der Waals surface area (Å²) in [6, 6.07) is 1.89. The number of pyridine rings is 1. The minimum absolute atomic E-state index is 0.0517. The van der Waals surface area contributed by atoms with Crippen LogP contribution in [0.5, 0.6) is 0 Å². The summed E-state index contributed by atoms with van der Waals surface area (Å²) in [4.78, 5) is 27.8. The van der Waals surface area contributed by atoms with E-state index in [1.54, 1.807) is 12.4 Å². The fourth-order valence-electron chi connectivity index (χ4n) is 4.17. The SMILES string of the molecule is C#Cc1cnc(Nc2cc(NCC3CCCCC3)c(C(=O)N3CCCC3)cn2)cn1. The molecule has 7 nitrogen and oxygen atoms in total. The van der Waals surface area contributed by atoms with Crippen molar-refractivity contribution >= 4 is 23.2 Å². The summed E-state index contributed by atoms with van der Waals surface area (Å²) in [5.74, 6) is 4.32. The highest BCUT2D eigenvalue weighted by Crippen LogP contribution is 2.27. The minimum atomic E-state index is 0.0517. The van der Waals surface area contributed by atoms with Gasteiger partial charge in [0.15, 0.2) is 0 Å². The highest BCUT2D eigenvalue weighted by molar-refractivity contribution is 6.00. The molecule has 1 aliphatic carbocycles. The van der Waals surface area contributed by atoms with Gasteiger partial charge in [-0.1, -0.05) is 19.3 Å². The van der Waals surface area contributed by atoms with Crippen LogP contribution in [0.3, 0.4) is 0 Å². The largest absolute Gasteiger partial charge is 0.384 e. The van der Waals surface area contributed by atoms with Gasteiger partial charge in [0, 0.05) is 31.9 Å². The first-order chi connectivity index (χ1) is 14.7. The average molecular weight is 405 g/mol. The third-order valence-corrected chi connectivity index (χ3v) is 5.89. The van der Waals surface area contributed by atoms with Crippen LogP contribution in [0, 0.1) is 18.3 Å². The molecule has 7 heteroatoms. The molecule has 2 aromatic heterocycles. The highest BCUT2D eigenvalue weighted by atomic mass is 16.2. The molecule has 4 rings (SSSR count). The molecule has 0 spiro atoms. The summed E-state index contributed by atoms with van der Waals surface area (Å²) >= 11 is 0. The van der Waals surface area contributed by atoms with Crippen molar-refractivity contribution in [1.29, 1.82) is 0 Å². The van der Waals surface area contributed by atoms with Crippen molar-refractivity contribution in [2.24, 2.45) is 5.92 Å². The van der Waals surface area contributed by atoms with Crippen LogP contribution in [0.25, 0.3) is 0 Å². The molecule has 1 aliphatic heterocycles. The van der Waals surface area contributed by atoms with E-state index in [9.17, 15) is 4.79 Å². The molecule has 0 atom stereocenters. The molecule has 2 aromatic rings.